The minimum absolute atomic E-state index is 0.00000142. The summed E-state index contributed by atoms with van der Waals surface area (Å²) in [4.78, 5) is 14.6. The first-order chi connectivity index (χ1) is 11.2. The number of urea groups is 1. The van der Waals surface area contributed by atoms with Gasteiger partial charge in [0, 0.05) is 12.2 Å². The Morgan fingerprint density at radius 3 is 2.61 bits per heavy atom. The Balaban J connectivity index is 1.74. The minimum atomic E-state index is 0.00000142. The summed E-state index contributed by atoms with van der Waals surface area (Å²) in [6, 6.07) is 16.6. The van der Waals surface area contributed by atoms with E-state index in [0.29, 0.717) is 0 Å². The molecule has 3 rings (SSSR count). The molecule has 0 bridgehead atoms. The van der Waals surface area contributed by atoms with Gasteiger partial charge in [0.05, 0.1) is 6.04 Å². The average molecular weight is 308 g/mol. The quantitative estimate of drug-likeness (QED) is 0.857. The predicted octanol–water partition coefficient (Wildman–Crippen LogP) is 4.93. The second-order valence-corrected chi connectivity index (χ2v) is 6.19. The van der Waals surface area contributed by atoms with Gasteiger partial charge in [-0.3, -0.25) is 0 Å². The van der Waals surface area contributed by atoms with Crippen LogP contribution in [0.4, 0.5) is 10.5 Å². The van der Waals surface area contributed by atoms with Crippen molar-refractivity contribution in [3.8, 4) is 0 Å². The predicted molar refractivity (Wildman–Crippen MR) is 94.7 cm³/mol. The molecule has 0 spiro atoms. The highest BCUT2D eigenvalue weighted by molar-refractivity contribution is 5.89. The van der Waals surface area contributed by atoms with Gasteiger partial charge in [0.15, 0.2) is 0 Å². The van der Waals surface area contributed by atoms with Crippen molar-refractivity contribution < 1.29 is 4.79 Å². The molecule has 0 unspecified atom stereocenters. The molecule has 1 aliphatic rings. The van der Waals surface area contributed by atoms with Crippen LogP contribution in [0.25, 0.3) is 0 Å². The molecule has 0 radical (unpaired) electrons. The zero-order valence-electron chi connectivity index (χ0n) is 13.9. The fourth-order valence-corrected chi connectivity index (χ4v) is 3.31. The number of hydrogen-bond acceptors (Lipinski definition) is 1. The lowest BCUT2D eigenvalue weighted by molar-refractivity contribution is 0.207. The van der Waals surface area contributed by atoms with E-state index in [9.17, 15) is 4.79 Å². The van der Waals surface area contributed by atoms with Gasteiger partial charge in [-0.05, 0) is 55.0 Å². The number of likely N-dealkylation sites (tertiary alicyclic amines) is 1. The maximum Gasteiger partial charge on any atom is 0.322 e. The Labute approximate surface area is 138 Å². The number of amides is 2. The van der Waals surface area contributed by atoms with Gasteiger partial charge in [-0.1, -0.05) is 43.3 Å². The second-order valence-electron chi connectivity index (χ2n) is 6.19. The van der Waals surface area contributed by atoms with Gasteiger partial charge >= 0.3 is 6.03 Å². The smallest absolute Gasteiger partial charge is 0.317 e. The van der Waals surface area contributed by atoms with E-state index in [0.717, 1.165) is 31.5 Å². The molecular formula is C20H24N2O. The van der Waals surface area contributed by atoms with Crippen LogP contribution in [-0.4, -0.2) is 17.5 Å². The van der Waals surface area contributed by atoms with Gasteiger partial charge < -0.3 is 10.2 Å². The Morgan fingerprint density at radius 2 is 1.91 bits per heavy atom. The van der Waals surface area contributed by atoms with E-state index in [4.69, 9.17) is 0 Å². The van der Waals surface area contributed by atoms with Crippen molar-refractivity contribution in [3.05, 3.63) is 65.2 Å². The molecule has 1 saturated heterocycles. The van der Waals surface area contributed by atoms with E-state index in [1.165, 1.54) is 16.7 Å². The fourth-order valence-electron chi connectivity index (χ4n) is 3.31. The molecule has 1 heterocycles. The van der Waals surface area contributed by atoms with Crippen molar-refractivity contribution in [2.75, 3.05) is 11.9 Å². The number of rotatable bonds is 3. The lowest BCUT2D eigenvalue weighted by Gasteiger charge is -2.26. The van der Waals surface area contributed by atoms with E-state index in [1.54, 1.807) is 0 Å². The van der Waals surface area contributed by atoms with Crippen LogP contribution in [0.15, 0.2) is 48.5 Å². The van der Waals surface area contributed by atoms with Crippen molar-refractivity contribution in [1.82, 2.24) is 4.90 Å². The molecule has 1 N–H and O–H groups in total. The third-order valence-corrected chi connectivity index (χ3v) is 4.67. The lowest BCUT2D eigenvalue weighted by atomic mass is 9.99. The van der Waals surface area contributed by atoms with Crippen LogP contribution in [0, 0.1) is 6.92 Å². The summed E-state index contributed by atoms with van der Waals surface area (Å²) in [5.41, 5.74) is 4.66. The Morgan fingerprint density at radius 1 is 1.17 bits per heavy atom. The third-order valence-electron chi connectivity index (χ3n) is 4.67. The number of nitrogens with one attached hydrogen (secondary N) is 1. The maximum atomic E-state index is 12.7. The average Bonchev–Trinajstić information content (AvgIpc) is 3.05. The van der Waals surface area contributed by atoms with Gasteiger partial charge in [0.1, 0.15) is 0 Å². The lowest BCUT2D eigenvalue weighted by Crippen LogP contribution is -2.34. The van der Waals surface area contributed by atoms with Crippen LogP contribution >= 0.6 is 0 Å². The zero-order chi connectivity index (χ0) is 16.2. The molecule has 2 amide bonds. The zero-order valence-corrected chi connectivity index (χ0v) is 13.9. The first-order valence-electron chi connectivity index (χ1n) is 8.41. The Bertz CT molecular complexity index is 678. The SMILES string of the molecule is CCc1ccc(NC(=O)N2CCC[C@@H]2c2ccccc2C)cc1. The Hall–Kier alpha value is -2.29. The van der Waals surface area contributed by atoms with Crippen LogP contribution in [0.1, 0.15) is 42.5 Å². The van der Waals surface area contributed by atoms with Gasteiger partial charge in [-0.15, -0.1) is 0 Å². The highest BCUT2D eigenvalue weighted by Gasteiger charge is 2.30. The summed E-state index contributed by atoms with van der Waals surface area (Å²) < 4.78 is 0. The number of benzene rings is 2. The monoisotopic (exact) mass is 308 g/mol. The molecule has 0 saturated carbocycles. The van der Waals surface area contributed by atoms with Gasteiger partial charge in [0.2, 0.25) is 0 Å². The molecule has 0 aliphatic carbocycles. The molecule has 0 aromatic heterocycles. The second kappa shape index (κ2) is 6.86. The molecule has 1 aliphatic heterocycles. The molecule has 3 heteroatoms. The Kier molecular flexibility index (Phi) is 4.65. The van der Waals surface area contributed by atoms with Crippen molar-refractivity contribution in [1.29, 1.82) is 0 Å². The van der Waals surface area contributed by atoms with Gasteiger partial charge in [0.25, 0.3) is 0 Å². The van der Waals surface area contributed by atoms with Crippen molar-refractivity contribution in [2.45, 2.75) is 39.2 Å². The standard InChI is InChI=1S/C20H24N2O/c1-3-16-10-12-17(13-11-16)21-20(23)22-14-6-9-19(22)18-8-5-4-7-15(18)2/h4-5,7-8,10-13,19H,3,6,9,14H2,1-2H3,(H,21,23)/t19-/m1/s1. The maximum absolute atomic E-state index is 12.7. The number of aryl methyl sites for hydroxylation is 2. The summed E-state index contributed by atoms with van der Waals surface area (Å²) in [5.74, 6) is 0. The van der Waals surface area contributed by atoms with Crippen LogP contribution in [0.5, 0.6) is 0 Å². The summed E-state index contributed by atoms with van der Waals surface area (Å²) in [6.07, 6.45) is 3.10. The molecule has 120 valence electrons. The molecule has 2 aromatic carbocycles. The van der Waals surface area contributed by atoms with Gasteiger partial charge in [-0.25, -0.2) is 4.79 Å². The van der Waals surface area contributed by atoms with E-state index in [-0.39, 0.29) is 12.1 Å². The van der Waals surface area contributed by atoms with E-state index < -0.39 is 0 Å². The summed E-state index contributed by atoms with van der Waals surface area (Å²) >= 11 is 0. The first kappa shape index (κ1) is 15.6. The largest absolute Gasteiger partial charge is 0.322 e. The summed E-state index contributed by atoms with van der Waals surface area (Å²) in [5, 5.41) is 3.04. The number of anilines is 1. The molecule has 1 fully saturated rings. The van der Waals surface area contributed by atoms with E-state index >= 15 is 0 Å². The van der Waals surface area contributed by atoms with Crippen molar-refractivity contribution in [2.24, 2.45) is 0 Å². The van der Waals surface area contributed by atoms with Crippen LogP contribution in [-0.2, 0) is 6.42 Å². The highest BCUT2D eigenvalue weighted by Crippen LogP contribution is 2.34. The number of carbonyl (C=O) groups excluding carboxylic acids is 1. The third kappa shape index (κ3) is 3.39. The van der Waals surface area contributed by atoms with Crippen LogP contribution in [0.3, 0.4) is 0 Å². The van der Waals surface area contributed by atoms with Crippen LogP contribution < -0.4 is 5.32 Å². The van der Waals surface area contributed by atoms with E-state index in [1.807, 2.05) is 23.1 Å². The first-order valence-corrected chi connectivity index (χ1v) is 8.41. The topological polar surface area (TPSA) is 32.3 Å². The van der Waals surface area contributed by atoms with E-state index in [2.05, 4.69) is 49.5 Å². The minimum Gasteiger partial charge on any atom is -0.317 e. The molecule has 1 atom stereocenters. The number of nitrogens with zero attached hydrogens (tertiary/aromatic N) is 1. The fraction of sp³-hybridized carbons (Fsp3) is 0.350. The summed E-state index contributed by atoms with van der Waals surface area (Å²) in [7, 11) is 0. The molecular weight excluding hydrogens is 284 g/mol. The number of carbonyl (C=O) groups is 1. The van der Waals surface area contributed by atoms with Crippen LogP contribution in [0.2, 0.25) is 0 Å². The molecule has 3 nitrogen and oxygen atoms in total. The normalized spacial score (nSPS) is 17.3. The van der Waals surface area contributed by atoms with Gasteiger partial charge in [-0.2, -0.15) is 0 Å². The van der Waals surface area contributed by atoms with Crippen molar-refractivity contribution in [3.63, 3.8) is 0 Å². The van der Waals surface area contributed by atoms with Crippen molar-refractivity contribution >= 4 is 11.7 Å². The summed E-state index contributed by atoms with van der Waals surface area (Å²) in [6.45, 7) is 5.07. The molecule has 2 aromatic rings. The number of hydrogen-bond donors (Lipinski definition) is 1. The molecule has 23 heavy (non-hydrogen) atoms. The highest BCUT2D eigenvalue weighted by atomic mass is 16.2.